The monoisotopic (exact) mass is 252 g/mol. The first-order chi connectivity index (χ1) is 7.60. The highest BCUT2D eigenvalue weighted by atomic mass is 31.2. The highest BCUT2D eigenvalue weighted by Gasteiger charge is 2.31. The van der Waals surface area contributed by atoms with E-state index in [4.69, 9.17) is 9.05 Å². The number of hydrogen-bond acceptors (Lipinski definition) is 4. The molecule has 1 atom stereocenters. The summed E-state index contributed by atoms with van der Waals surface area (Å²) in [7, 11) is -0.677. The van der Waals surface area contributed by atoms with Crippen LogP contribution in [0.25, 0.3) is 0 Å². The summed E-state index contributed by atoms with van der Waals surface area (Å²) in [4.78, 5) is 0. The summed E-state index contributed by atoms with van der Waals surface area (Å²) in [5, 5.41) is 9.66. The number of aliphatic hydroxyl groups excluding tert-OH is 1. The lowest BCUT2D eigenvalue weighted by atomic mass is 10.1. The highest BCUT2D eigenvalue weighted by Crippen LogP contribution is 2.51. The Morgan fingerprint density at radius 1 is 1.06 bits per heavy atom. The quantitative estimate of drug-likeness (QED) is 0.477. The lowest BCUT2D eigenvalue weighted by Gasteiger charge is -2.19. The van der Waals surface area contributed by atoms with Gasteiger partial charge >= 0.3 is 7.60 Å². The van der Waals surface area contributed by atoms with E-state index in [0.717, 1.165) is 12.8 Å². The van der Waals surface area contributed by atoms with Crippen LogP contribution in [0.2, 0.25) is 0 Å². The predicted molar refractivity (Wildman–Crippen MR) is 65.6 cm³/mol. The lowest BCUT2D eigenvalue weighted by Crippen LogP contribution is -2.10. The van der Waals surface area contributed by atoms with Crippen LogP contribution >= 0.6 is 7.60 Å². The Morgan fingerprint density at radius 2 is 1.56 bits per heavy atom. The van der Waals surface area contributed by atoms with E-state index in [1.165, 1.54) is 39.9 Å². The van der Waals surface area contributed by atoms with Crippen molar-refractivity contribution in [3.63, 3.8) is 0 Å². The molecule has 0 aliphatic heterocycles. The van der Waals surface area contributed by atoms with E-state index in [9.17, 15) is 9.67 Å². The molecule has 0 amide bonds. The van der Waals surface area contributed by atoms with Gasteiger partial charge in [0.05, 0.1) is 0 Å². The summed E-state index contributed by atoms with van der Waals surface area (Å²) < 4.78 is 21.2. The molecule has 0 saturated heterocycles. The first kappa shape index (κ1) is 16.1. The van der Waals surface area contributed by atoms with Gasteiger partial charge in [0.15, 0.2) is 5.85 Å². The first-order valence-electron chi connectivity index (χ1n) is 6.00. The van der Waals surface area contributed by atoms with Gasteiger partial charge in [0.1, 0.15) is 0 Å². The molecule has 0 radical (unpaired) electrons. The minimum absolute atomic E-state index is 0.477. The molecule has 0 spiro atoms. The van der Waals surface area contributed by atoms with E-state index in [2.05, 4.69) is 6.92 Å². The average molecular weight is 252 g/mol. The van der Waals surface area contributed by atoms with Crippen LogP contribution in [-0.2, 0) is 13.6 Å². The Morgan fingerprint density at radius 3 is 2.06 bits per heavy atom. The SMILES string of the molecule is CCCCCCCC[C@@H](O)P(=O)(OC)OC. The third-order valence-corrected chi connectivity index (χ3v) is 4.70. The molecule has 16 heavy (non-hydrogen) atoms. The van der Waals surface area contributed by atoms with Gasteiger partial charge in [0.25, 0.3) is 0 Å². The van der Waals surface area contributed by atoms with Crippen LogP contribution in [-0.4, -0.2) is 25.2 Å². The largest absolute Gasteiger partial charge is 0.380 e. The van der Waals surface area contributed by atoms with Gasteiger partial charge in [0.2, 0.25) is 0 Å². The molecule has 5 heteroatoms. The van der Waals surface area contributed by atoms with Crippen LogP contribution in [0.1, 0.15) is 51.9 Å². The van der Waals surface area contributed by atoms with Gasteiger partial charge in [-0.3, -0.25) is 4.57 Å². The Labute approximate surface area is 98.9 Å². The van der Waals surface area contributed by atoms with Crippen LogP contribution in [0.15, 0.2) is 0 Å². The van der Waals surface area contributed by atoms with Gasteiger partial charge in [-0.25, -0.2) is 0 Å². The Bertz CT molecular complexity index is 200. The Hall–Kier alpha value is 0.110. The summed E-state index contributed by atoms with van der Waals surface area (Å²) in [6, 6.07) is 0. The van der Waals surface area contributed by atoms with Crippen molar-refractivity contribution in [3.05, 3.63) is 0 Å². The van der Waals surface area contributed by atoms with Crippen molar-refractivity contribution in [1.82, 2.24) is 0 Å². The molecule has 0 aromatic rings. The van der Waals surface area contributed by atoms with E-state index in [1.807, 2.05) is 0 Å². The zero-order valence-electron chi connectivity index (χ0n) is 10.6. The topological polar surface area (TPSA) is 55.8 Å². The minimum Gasteiger partial charge on any atom is -0.380 e. The third kappa shape index (κ3) is 6.00. The third-order valence-electron chi connectivity index (χ3n) is 2.69. The van der Waals surface area contributed by atoms with E-state index in [0.29, 0.717) is 6.42 Å². The molecule has 98 valence electrons. The molecular weight excluding hydrogens is 227 g/mol. The maximum atomic E-state index is 11.7. The second-order valence-corrected chi connectivity index (χ2v) is 6.35. The number of unbranched alkanes of at least 4 members (excludes halogenated alkanes) is 5. The summed E-state index contributed by atoms with van der Waals surface area (Å²) in [5.41, 5.74) is 0. The van der Waals surface area contributed by atoms with Crippen LogP contribution in [0.3, 0.4) is 0 Å². The van der Waals surface area contributed by atoms with Crippen molar-refractivity contribution in [2.24, 2.45) is 0 Å². The summed E-state index contributed by atoms with van der Waals surface area (Å²) in [5.74, 6) is -0.992. The van der Waals surface area contributed by atoms with E-state index < -0.39 is 13.4 Å². The van der Waals surface area contributed by atoms with E-state index in [1.54, 1.807) is 0 Å². The number of hydrogen-bond donors (Lipinski definition) is 1. The molecule has 0 saturated carbocycles. The van der Waals surface area contributed by atoms with Crippen molar-refractivity contribution in [2.45, 2.75) is 57.7 Å². The first-order valence-corrected chi connectivity index (χ1v) is 7.61. The predicted octanol–water partition coefficient (Wildman–Crippen LogP) is 3.54. The van der Waals surface area contributed by atoms with E-state index >= 15 is 0 Å². The Balaban J connectivity index is 3.64. The molecule has 4 nitrogen and oxygen atoms in total. The molecule has 0 fully saturated rings. The highest BCUT2D eigenvalue weighted by molar-refractivity contribution is 7.54. The molecule has 0 rings (SSSR count). The minimum atomic E-state index is -3.28. The molecule has 0 aliphatic rings. The molecule has 0 aromatic carbocycles. The fourth-order valence-electron chi connectivity index (χ4n) is 1.58. The van der Waals surface area contributed by atoms with Gasteiger partial charge in [-0.05, 0) is 6.42 Å². The fourth-order valence-corrected chi connectivity index (χ4v) is 2.72. The van der Waals surface area contributed by atoms with Crippen LogP contribution < -0.4 is 0 Å². The second-order valence-electron chi connectivity index (χ2n) is 3.94. The van der Waals surface area contributed by atoms with Crippen molar-refractivity contribution in [1.29, 1.82) is 0 Å². The van der Waals surface area contributed by atoms with Crippen LogP contribution in [0, 0.1) is 0 Å². The summed E-state index contributed by atoms with van der Waals surface area (Å²) in [6.45, 7) is 2.18. The average Bonchev–Trinajstić information content (AvgIpc) is 2.32. The maximum absolute atomic E-state index is 11.7. The number of aliphatic hydroxyl groups is 1. The zero-order valence-corrected chi connectivity index (χ0v) is 11.5. The molecule has 0 aliphatic carbocycles. The van der Waals surface area contributed by atoms with Crippen molar-refractivity contribution in [2.75, 3.05) is 14.2 Å². The van der Waals surface area contributed by atoms with Gasteiger partial charge in [-0.1, -0.05) is 45.4 Å². The molecule has 0 bridgehead atoms. The molecule has 0 aromatic heterocycles. The Kier molecular flexibility index (Phi) is 9.24. The van der Waals surface area contributed by atoms with Crippen LogP contribution in [0.5, 0.6) is 0 Å². The molecule has 0 heterocycles. The van der Waals surface area contributed by atoms with Crippen LogP contribution in [0.4, 0.5) is 0 Å². The van der Waals surface area contributed by atoms with Gasteiger partial charge in [0, 0.05) is 14.2 Å². The normalized spacial score (nSPS) is 14.0. The standard InChI is InChI=1S/C11H25O4P/c1-4-5-6-7-8-9-10-11(12)16(13,14-2)15-3/h11-12H,4-10H2,1-3H3/t11-/m0/s1. The van der Waals surface area contributed by atoms with Gasteiger partial charge in [-0.15, -0.1) is 0 Å². The molecule has 1 N–H and O–H groups in total. The lowest BCUT2D eigenvalue weighted by molar-refractivity contribution is 0.165. The summed E-state index contributed by atoms with van der Waals surface area (Å²) >= 11 is 0. The maximum Gasteiger partial charge on any atom is 0.358 e. The fraction of sp³-hybridized carbons (Fsp3) is 1.00. The van der Waals surface area contributed by atoms with Crippen molar-refractivity contribution in [3.8, 4) is 0 Å². The van der Waals surface area contributed by atoms with Crippen molar-refractivity contribution < 1.29 is 18.7 Å². The number of rotatable bonds is 10. The molecule has 0 unspecified atom stereocenters. The van der Waals surface area contributed by atoms with Gasteiger partial charge in [-0.2, -0.15) is 0 Å². The van der Waals surface area contributed by atoms with E-state index in [-0.39, 0.29) is 0 Å². The summed E-state index contributed by atoms with van der Waals surface area (Å²) in [6.07, 6.45) is 7.29. The second kappa shape index (κ2) is 9.17. The zero-order chi connectivity index (χ0) is 12.4. The smallest absolute Gasteiger partial charge is 0.358 e. The van der Waals surface area contributed by atoms with Gasteiger partial charge < -0.3 is 14.2 Å². The van der Waals surface area contributed by atoms with Crippen molar-refractivity contribution >= 4 is 7.60 Å². The molecular formula is C11H25O4P.